The summed E-state index contributed by atoms with van der Waals surface area (Å²) in [4.78, 5) is 15.0. The molecule has 0 spiro atoms. The Balaban J connectivity index is 2.09. The van der Waals surface area contributed by atoms with Gasteiger partial charge in [-0.1, -0.05) is 11.6 Å². The van der Waals surface area contributed by atoms with Crippen LogP contribution in [0, 0.1) is 0 Å². The monoisotopic (exact) mass is 291 g/mol. The molecule has 0 aromatic heterocycles. The topological polar surface area (TPSA) is 20.3 Å². The van der Waals surface area contributed by atoms with Crippen LogP contribution < -0.4 is 4.90 Å². The quantitative estimate of drug-likeness (QED) is 0.785. The Labute approximate surface area is 122 Å². The number of carbonyl (C=O) groups excluding carboxylic acids is 1. The fourth-order valence-corrected chi connectivity index (χ4v) is 2.43. The van der Waals surface area contributed by atoms with Crippen molar-refractivity contribution < 1.29 is 4.79 Å². The van der Waals surface area contributed by atoms with Gasteiger partial charge in [-0.25, -0.2) is 0 Å². The third kappa shape index (κ3) is 3.75. The zero-order valence-electron chi connectivity index (χ0n) is 10.8. The van der Waals surface area contributed by atoms with Crippen molar-refractivity contribution in [3.63, 3.8) is 0 Å². The van der Waals surface area contributed by atoms with Crippen LogP contribution in [0.3, 0.4) is 0 Å². The molecule has 4 heteroatoms. The normalized spacial score (nSPS) is 10.3. The van der Waals surface area contributed by atoms with Crippen molar-refractivity contribution in [3.8, 4) is 0 Å². The summed E-state index contributed by atoms with van der Waals surface area (Å²) in [6.45, 7) is 0. The van der Waals surface area contributed by atoms with Gasteiger partial charge in [-0.05, 0) is 60.3 Å². The van der Waals surface area contributed by atoms with E-state index in [4.69, 9.17) is 11.6 Å². The summed E-state index contributed by atoms with van der Waals surface area (Å²) >= 11 is 7.02. The molecule has 0 aliphatic rings. The van der Waals surface area contributed by atoms with Gasteiger partial charge in [0.1, 0.15) is 0 Å². The minimum atomic E-state index is 0.0348. The van der Waals surface area contributed by atoms with Crippen molar-refractivity contribution in [1.82, 2.24) is 0 Å². The Morgan fingerprint density at radius 2 is 1.58 bits per heavy atom. The first-order valence-electron chi connectivity index (χ1n) is 5.81. The van der Waals surface area contributed by atoms with Crippen LogP contribution in [0.2, 0.25) is 5.02 Å². The summed E-state index contributed by atoms with van der Waals surface area (Å²) in [5, 5.41) is 0.708. The summed E-state index contributed by atoms with van der Waals surface area (Å²) < 4.78 is 0. The minimum Gasteiger partial charge on any atom is -0.378 e. The maximum absolute atomic E-state index is 12.1. The predicted octanol–water partition coefficient (Wildman–Crippen LogP) is 4.34. The molecule has 0 saturated heterocycles. The molecule has 0 saturated carbocycles. The number of anilines is 1. The number of benzene rings is 2. The molecule has 0 radical (unpaired) electrons. The molecular formula is C15H14ClNOS. The second-order valence-electron chi connectivity index (χ2n) is 4.28. The van der Waals surface area contributed by atoms with Crippen LogP contribution in [-0.4, -0.2) is 19.2 Å². The van der Waals surface area contributed by atoms with Crippen molar-refractivity contribution in [2.45, 2.75) is 4.90 Å². The Morgan fingerprint density at radius 1 is 1.00 bits per heavy atom. The maximum atomic E-state index is 12.1. The highest BCUT2D eigenvalue weighted by Gasteiger charge is 2.08. The van der Waals surface area contributed by atoms with E-state index in [2.05, 4.69) is 0 Å². The van der Waals surface area contributed by atoms with Crippen molar-refractivity contribution in [2.75, 3.05) is 19.0 Å². The maximum Gasteiger partial charge on any atom is 0.224 e. The van der Waals surface area contributed by atoms with Crippen LogP contribution in [0.5, 0.6) is 0 Å². The molecule has 0 heterocycles. The van der Waals surface area contributed by atoms with Crippen LogP contribution in [0.4, 0.5) is 5.69 Å². The molecule has 2 aromatic rings. The van der Waals surface area contributed by atoms with Crippen LogP contribution in [0.25, 0.3) is 0 Å². The average Bonchev–Trinajstić information content (AvgIpc) is 2.41. The number of halogens is 1. The molecule has 2 aromatic carbocycles. The van der Waals surface area contributed by atoms with Gasteiger partial charge in [0.05, 0.1) is 0 Å². The van der Waals surface area contributed by atoms with Gasteiger partial charge in [0, 0.05) is 35.3 Å². The number of thioether (sulfide) groups is 1. The SMILES string of the molecule is CN(C)c1ccc(C(=O)Sc2ccc(Cl)cc2)cc1. The molecule has 0 amide bonds. The number of carbonyl (C=O) groups is 1. The molecule has 0 fully saturated rings. The van der Waals surface area contributed by atoms with Gasteiger partial charge in [-0.2, -0.15) is 0 Å². The van der Waals surface area contributed by atoms with E-state index < -0.39 is 0 Å². The van der Waals surface area contributed by atoms with Crippen molar-refractivity contribution in [2.24, 2.45) is 0 Å². The Kier molecular flexibility index (Phi) is 4.51. The third-order valence-corrected chi connectivity index (χ3v) is 3.82. The highest BCUT2D eigenvalue weighted by Crippen LogP contribution is 2.25. The summed E-state index contributed by atoms with van der Waals surface area (Å²) in [6, 6.07) is 14.8. The summed E-state index contributed by atoms with van der Waals surface area (Å²) in [7, 11) is 3.94. The largest absolute Gasteiger partial charge is 0.378 e. The first-order valence-corrected chi connectivity index (χ1v) is 7.01. The zero-order chi connectivity index (χ0) is 13.8. The number of hydrogen-bond acceptors (Lipinski definition) is 3. The second-order valence-corrected chi connectivity index (χ2v) is 5.77. The highest BCUT2D eigenvalue weighted by atomic mass is 35.5. The molecule has 0 bridgehead atoms. The van der Waals surface area contributed by atoms with E-state index in [1.165, 1.54) is 11.8 Å². The number of hydrogen-bond donors (Lipinski definition) is 0. The average molecular weight is 292 g/mol. The fourth-order valence-electron chi connectivity index (χ4n) is 1.56. The van der Waals surface area contributed by atoms with Crippen LogP contribution in [-0.2, 0) is 0 Å². The molecule has 0 unspecified atom stereocenters. The smallest absolute Gasteiger partial charge is 0.224 e. The summed E-state index contributed by atoms with van der Waals surface area (Å²) in [5.41, 5.74) is 1.78. The lowest BCUT2D eigenvalue weighted by Gasteiger charge is -2.12. The lowest BCUT2D eigenvalue weighted by atomic mass is 10.2. The third-order valence-electron chi connectivity index (χ3n) is 2.64. The van der Waals surface area contributed by atoms with Crippen LogP contribution >= 0.6 is 23.4 Å². The van der Waals surface area contributed by atoms with Crippen molar-refractivity contribution in [3.05, 3.63) is 59.1 Å². The molecule has 98 valence electrons. The summed E-state index contributed by atoms with van der Waals surface area (Å²) in [6.07, 6.45) is 0. The van der Waals surface area contributed by atoms with Gasteiger partial charge >= 0.3 is 0 Å². The van der Waals surface area contributed by atoms with Gasteiger partial charge in [-0.15, -0.1) is 0 Å². The van der Waals surface area contributed by atoms with E-state index in [1.807, 2.05) is 55.4 Å². The molecule has 0 N–H and O–H groups in total. The van der Waals surface area contributed by atoms with Crippen molar-refractivity contribution in [1.29, 1.82) is 0 Å². The van der Waals surface area contributed by atoms with E-state index >= 15 is 0 Å². The van der Waals surface area contributed by atoms with Crippen LogP contribution in [0.15, 0.2) is 53.4 Å². The number of nitrogens with zero attached hydrogens (tertiary/aromatic N) is 1. The van der Waals surface area contributed by atoms with Gasteiger partial charge in [0.2, 0.25) is 5.12 Å². The van der Waals surface area contributed by atoms with Crippen molar-refractivity contribution >= 4 is 34.2 Å². The zero-order valence-corrected chi connectivity index (χ0v) is 12.3. The highest BCUT2D eigenvalue weighted by molar-refractivity contribution is 8.14. The Hall–Kier alpha value is -1.45. The molecule has 0 aliphatic carbocycles. The fraction of sp³-hybridized carbons (Fsp3) is 0.133. The molecule has 2 rings (SSSR count). The Morgan fingerprint density at radius 3 is 2.11 bits per heavy atom. The first-order chi connectivity index (χ1) is 9.06. The van der Waals surface area contributed by atoms with E-state index in [0.29, 0.717) is 10.6 Å². The van der Waals surface area contributed by atoms with Gasteiger partial charge in [-0.3, -0.25) is 4.79 Å². The van der Waals surface area contributed by atoms with Gasteiger partial charge < -0.3 is 4.90 Å². The van der Waals surface area contributed by atoms with Crippen LogP contribution in [0.1, 0.15) is 10.4 Å². The second kappa shape index (κ2) is 6.13. The van der Waals surface area contributed by atoms with Gasteiger partial charge in [0.25, 0.3) is 0 Å². The summed E-state index contributed by atoms with van der Waals surface area (Å²) in [5.74, 6) is 0. The molecule has 19 heavy (non-hydrogen) atoms. The van der Waals surface area contributed by atoms with E-state index in [-0.39, 0.29) is 5.12 Å². The van der Waals surface area contributed by atoms with E-state index in [1.54, 1.807) is 12.1 Å². The molecule has 2 nitrogen and oxygen atoms in total. The van der Waals surface area contributed by atoms with Gasteiger partial charge in [0.15, 0.2) is 0 Å². The van der Waals surface area contributed by atoms with E-state index in [0.717, 1.165) is 10.6 Å². The number of rotatable bonds is 3. The molecule has 0 aliphatic heterocycles. The minimum absolute atomic E-state index is 0.0348. The molecule has 0 atom stereocenters. The first kappa shape index (κ1) is 14.0. The Bertz CT molecular complexity index is 564. The lowest BCUT2D eigenvalue weighted by Crippen LogP contribution is -2.08. The lowest BCUT2D eigenvalue weighted by molar-refractivity contribution is 0.108. The van der Waals surface area contributed by atoms with E-state index in [9.17, 15) is 4.79 Å². The predicted molar refractivity (Wildman–Crippen MR) is 82.4 cm³/mol. The molecular weight excluding hydrogens is 278 g/mol. The standard InChI is InChI=1S/C15H14ClNOS/c1-17(2)13-7-3-11(4-8-13)15(18)19-14-9-5-12(16)6-10-14/h3-10H,1-2H3.